The fourth-order valence-electron chi connectivity index (χ4n) is 1.18. The molecule has 0 aliphatic carbocycles. The molecule has 2 rings (SSSR count). The van der Waals surface area contributed by atoms with Gasteiger partial charge in [-0.05, 0) is 17.7 Å². The summed E-state index contributed by atoms with van der Waals surface area (Å²) in [5, 5.41) is 0. The van der Waals surface area contributed by atoms with Crippen molar-refractivity contribution >= 4 is 15.9 Å². The number of nitrogens with zero attached hydrogens (tertiary/aromatic N) is 2. The van der Waals surface area contributed by atoms with Crippen molar-refractivity contribution in [2.45, 2.75) is 6.61 Å². The third-order valence-electron chi connectivity index (χ3n) is 1.88. The van der Waals surface area contributed by atoms with Crippen molar-refractivity contribution in [3.8, 4) is 5.88 Å². The zero-order chi connectivity index (χ0) is 11.4. The Morgan fingerprint density at radius 1 is 1.25 bits per heavy atom. The summed E-state index contributed by atoms with van der Waals surface area (Å²) in [5.74, 6) is -0.369. The first-order valence-corrected chi connectivity index (χ1v) is 5.38. The quantitative estimate of drug-likeness (QED) is 0.812. The molecule has 0 fully saturated rings. The van der Waals surface area contributed by atoms with Gasteiger partial charge in [-0.15, -0.1) is 0 Å². The number of benzene rings is 1. The molecule has 0 amide bonds. The highest BCUT2D eigenvalue weighted by Crippen LogP contribution is 2.14. The van der Waals surface area contributed by atoms with E-state index in [1.807, 2.05) is 24.3 Å². The Hall–Kier alpha value is -1.49. The summed E-state index contributed by atoms with van der Waals surface area (Å²) >= 11 is 3.36. The summed E-state index contributed by atoms with van der Waals surface area (Å²) in [7, 11) is 0. The molecule has 0 radical (unpaired) electrons. The van der Waals surface area contributed by atoms with Crippen molar-refractivity contribution in [1.82, 2.24) is 9.97 Å². The van der Waals surface area contributed by atoms with E-state index in [0.29, 0.717) is 6.61 Å². The van der Waals surface area contributed by atoms with Crippen LogP contribution in [-0.4, -0.2) is 9.97 Å². The van der Waals surface area contributed by atoms with Gasteiger partial charge in [0.1, 0.15) is 12.9 Å². The van der Waals surface area contributed by atoms with Crippen molar-refractivity contribution in [2.24, 2.45) is 0 Å². The Morgan fingerprint density at radius 3 is 2.88 bits per heavy atom. The molecule has 1 aromatic carbocycles. The third kappa shape index (κ3) is 3.00. The van der Waals surface area contributed by atoms with Gasteiger partial charge in [0.05, 0.1) is 6.07 Å². The molecule has 3 nitrogen and oxygen atoms in total. The minimum absolute atomic E-state index is 0.229. The Balaban J connectivity index is 2.02. The Morgan fingerprint density at radius 2 is 2.12 bits per heavy atom. The van der Waals surface area contributed by atoms with Crippen LogP contribution in [0.5, 0.6) is 5.88 Å². The van der Waals surface area contributed by atoms with Crippen molar-refractivity contribution in [1.29, 1.82) is 0 Å². The maximum Gasteiger partial charge on any atom is 0.219 e. The number of aromatic nitrogens is 2. The van der Waals surface area contributed by atoms with Gasteiger partial charge in [0.2, 0.25) is 11.8 Å². The first-order valence-electron chi connectivity index (χ1n) is 4.59. The van der Waals surface area contributed by atoms with Gasteiger partial charge in [0.15, 0.2) is 0 Å². The van der Waals surface area contributed by atoms with E-state index in [2.05, 4.69) is 25.9 Å². The molecule has 0 saturated carbocycles. The van der Waals surface area contributed by atoms with Gasteiger partial charge in [-0.1, -0.05) is 28.1 Å². The van der Waals surface area contributed by atoms with Gasteiger partial charge in [-0.2, -0.15) is 4.39 Å². The van der Waals surface area contributed by atoms with Crippen molar-refractivity contribution in [3.63, 3.8) is 0 Å². The molecule has 0 atom stereocenters. The second-order valence-corrected chi connectivity index (χ2v) is 4.01. The molecule has 0 bridgehead atoms. The Bertz CT molecular complexity index is 447. The lowest BCUT2D eigenvalue weighted by Crippen LogP contribution is -1.98. The molecule has 1 heterocycles. The maximum atomic E-state index is 12.7. The van der Waals surface area contributed by atoms with Gasteiger partial charge in [0.25, 0.3) is 0 Å². The van der Waals surface area contributed by atoms with E-state index >= 15 is 0 Å². The Kier molecular flexibility index (Phi) is 3.46. The van der Waals surface area contributed by atoms with Gasteiger partial charge in [-0.25, -0.2) is 9.97 Å². The fourth-order valence-corrected chi connectivity index (χ4v) is 1.63. The average molecular weight is 283 g/mol. The van der Waals surface area contributed by atoms with E-state index < -0.39 is 5.95 Å². The van der Waals surface area contributed by atoms with E-state index in [1.54, 1.807) is 0 Å². The number of hydrogen-bond acceptors (Lipinski definition) is 3. The van der Waals surface area contributed by atoms with Gasteiger partial charge in [-0.3, -0.25) is 0 Å². The molecule has 16 heavy (non-hydrogen) atoms. The number of hydrogen-bond donors (Lipinski definition) is 0. The molecule has 5 heteroatoms. The molecule has 0 spiro atoms. The van der Waals surface area contributed by atoms with Gasteiger partial charge >= 0.3 is 0 Å². The molecule has 1 aromatic heterocycles. The molecule has 2 aromatic rings. The summed E-state index contributed by atoms with van der Waals surface area (Å²) in [6.07, 6.45) is 1.13. The lowest BCUT2D eigenvalue weighted by atomic mass is 10.2. The summed E-state index contributed by atoms with van der Waals surface area (Å²) < 4.78 is 19.0. The predicted octanol–water partition coefficient (Wildman–Crippen LogP) is 2.96. The molecule has 0 N–H and O–H groups in total. The van der Waals surface area contributed by atoms with E-state index in [0.717, 1.165) is 22.4 Å². The smallest absolute Gasteiger partial charge is 0.219 e. The second-order valence-electron chi connectivity index (χ2n) is 3.10. The van der Waals surface area contributed by atoms with Crippen molar-refractivity contribution < 1.29 is 9.13 Å². The number of rotatable bonds is 3. The minimum Gasteiger partial charge on any atom is -0.473 e. The van der Waals surface area contributed by atoms with Crippen LogP contribution in [0.4, 0.5) is 4.39 Å². The maximum absolute atomic E-state index is 12.7. The van der Waals surface area contributed by atoms with Crippen LogP contribution in [0.3, 0.4) is 0 Å². The first-order chi connectivity index (χ1) is 7.74. The zero-order valence-electron chi connectivity index (χ0n) is 8.23. The monoisotopic (exact) mass is 282 g/mol. The van der Waals surface area contributed by atoms with Crippen LogP contribution in [0.15, 0.2) is 41.1 Å². The van der Waals surface area contributed by atoms with E-state index in [-0.39, 0.29) is 5.88 Å². The number of halogens is 2. The molecular weight excluding hydrogens is 275 g/mol. The van der Waals surface area contributed by atoms with Crippen LogP contribution < -0.4 is 4.74 Å². The molecular formula is C11H8BrFN2O. The van der Waals surface area contributed by atoms with Crippen LogP contribution in [0, 0.1) is 5.95 Å². The molecule has 0 aliphatic rings. The van der Waals surface area contributed by atoms with Crippen LogP contribution in [0.2, 0.25) is 0 Å². The Labute approximate surface area is 100 Å². The highest BCUT2D eigenvalue weighted by atomic mass is 79.9. The normalized spacial score (nSPS) is 10.1. The highest BCUT2D eigenvalue weighted by Gasteiger charge is 2.00. The molecule has 0 unspecified atom stereocenters. The van der Waals surface area contributed by atoms with Crippen LogP contribution in [-0.2, 0) is 6.61 Å². The lowest BCUT2D eigenvalue weighted by molar-refractivity contribution is 0.290. The van der Waals surface area contributed by atoms with Crippen LogP contribution in [0.25, 0.3) is 0 Å². The van der Waals surface area contributed by atoms with Crippen molar-refractivity contribution in [2.75, 3.05) is 0 Å². The van der Waals surface area contributed by atoms with Gasteiger partial charge in [0, 0.05) is 4.47 Å². The minimum atomic E-state index is -0.598. The van der Waals surface area contributed by atoms with Crippen LogP contribution in [0.1, 0.15) is 5.56 Å². The fraction of sp³-hybridized carbons (Fsp3) is 0.0909. The zero-order valence-corrected chi connectivity index (χ0v) is 9.82. The summed E-state index contributed by atoms with van der Waals surface area (Å²) in [6, 6.07) is 8.83. The summed E-state index contributed by atoms with van der Waals surface area (Å²) in [6.45, 7) is 0.343. The number of ether oxygens (including phenoxy) is 1. The van der Waals surface area contributed by atoms with E-state index in [1.165, 1.54) is 0 Å². The van der Waals surface area contributed by atoms with E-state index in [9.17, 15) is 4.39 Å². The topological polar surface area (TPSA) is 35.0 Å². The van der Waals surface area contributed by atoms with E-state index in [4.69, 9.17) is 4.74 Å². The average Bonchev–Trinajstić information content (AvgIpc) is 2.27. The second kappa shape index (κ2) is 5.03. The van der Waals surface area contributed by atoms with Gasteiger partial charge < -0.3 is 4.74 Å². The van der Waals surface area contributed by atoms with Crippen LogP contribution >= 0.6 is 15.9 Å². The third-order valence-corrected chi connectivity index (χ3v) is 2.38. The first kappa shape index (κ1) is 11.0. The molecule has 0 aliphatic heterocycles. The standard InChI is InChI=1S/C11H8BrFN2O/c12-9-3-1-2-8(4-9)6-16-11-5-10(13)14-7-15-11/h1-5,7H,6H2. The lowest BCUT2D eigenvalue weighted by Gasteiger charge is -2.04. The SMILES string of the molecule is Fc1cc(OCc2cccc(Br)c2)ncn1. The largest absolute Gasteiger partial charge is 0.473 e. The summed E-state index contributed by atoms with van der Waals surface area (Å²) in [4.78, 5) is 7.14. The van der Waals surface area contributed by atoms with Crippen molar-refractivity contribution in [3.05, 3.63) is 52.6 Å². The molecule has 0 saturated heterocycles. The summed E-state index contributed by atoms with van der Waals surface area (Å²) in [5.41, 5.74) is 0.980. The molecule has 82 valence electrons. The highest BCUT2D eigenvalue weighted by molar-refractivity contribution is 9.10. The predicted molar refractivity (Wildman–Crippen MR) is 60.5 cm³/mol.